The lowest BCUT2D eigenvalue weighted by Gasteiger charge is -2.30. The Morgan fingerprint density at radius 3 is 2.00 bits per heavy atom. The summed E-state index contributed by atoms with van der Waals surface area (Å²) in [7, 11) is 3.34. The van der Waals surface area contributed by atoms with Crippen LogP contribution in [0, 0.1) is 0 Å². The van der Waals surface area contributed by atoms with Gasteiger partial charge in [-0.1, -0.05) is 0 Å². The van der Waals surface area contributed by atoms with Gasteiger partial charge in [0.1, 0.15) is 21.3 Å². The average Bonchev–Trinajstić information content (AvgIpc) is 1.82. The van der Waals surface area contributed by atoms with E-state index in [0.29, 0.717) is 0 Å². The van der Waals surface area contributed by atoms with Gasteiger partial charge in [0.2, 0.25) is 0 Å². The molecule has 13 heavy (non-hydrogen) atoms. The van der Waals surface area contributed by atoms with E-state index >= 15 is 0 Å². The number of rotatable bonds is 2. The van der Waals surface area contributed by atoms with Crippen molar-refractivity contribution in [2.45, 2.75) is 44.6 Å². The van der Waals surface area contributed by atoms with E-state index in [0.717, 1.165) is 0 Å². The lowest BCUT2D eigenvalue weighted by molar-refractivity contribution is -0.158. The summed E-state index contributed by atoms with van der Waals surface area (Å²) in [5.74, 6) is -0.366. The molecule has 0 saturated heterocycles. The fraction of sp³-hybridized carbons (Fsp3) is 0.875. The van der Waals surface area contributed by atoms with E-state index in [1.54, 1.807) is 22.6 Å². The highest BCUT2D eigenvalue weighted by Crippen LogP contribution is 2.25. The van der Waals surface area contributed by atoms with Gasteiger partial charge in [-0.2, -0.15) is 0 Å². The fourth-order valence-corrected chi connectivity index (χ4v) is 0.580. The Hall–Kier alpha value is -0.440. The van der Waals surface area contributed by atoms with Crippen LogP contribution in [0.15, 0.2) is 0 Å². The number of ether oxygens (including phenoxy) is 1. The molecule has 0 rings (SSSR count). The molecule has 0 unspecified atom stereocenters. The molecule has 0 aromatic heterocycles. The molecule has 0 aliphatic rings. The first kappa shape index (κ1) is 12.6. The SMILES string of the molecule is BC(B)(C(=O)OC(C)(C)C)[C@@H](C)O. The normalized spacial score (nSPS) is 15.2. The van der Waals surface area contributed by atoms with Crippen LogP contribution in [0.5, 0.6) is 0 Å². The van der Waals surface area contributed by atoms with E-state index in [4.69, 9.17) is 4.74 Å². The summed E-state index contributed by atoms with van der Waals surface area (Å²) < 4.78 is 5.16. The maximum Gasteiger partial charge on any atom is 0.299 e. The molecule has 0 spiro atoms. The van der Waals surface area contributed by atoms with Crippen LogP contribution in [0.4, 0.5) is 0 Å². The number of carbonyl (C=O) groups is 1. The van der Waals surface area contributed by atoms with Crippen molar-refractivity contribution in [1.29, 1.82) is 0 Å². The second-order valence-corrected chi connectivity index (χ2v) is 4.90. The third kappa shape index (κ3) is 3.85. The maximum absolute atomic E-state index is 11.5. The first-order valence-electron chi connectivity index (χ1n) is 4.49. The molecule has 74 valence electrons. The van der Waals surface area contributed by atoms with Crippen LogP contribution >= 0.6 is 0 Å². The van der Waals surface area contributed by atoms with Crippen molar-refractivity contribution in [3.63, 3.8) is 0 Å². The number of aliphatic hydroxyl groups excluding tert-OH is 1. The van der Waals surface area contributed by atoms with Crippen LogP contribution in [-0.4, -0.2) is 38.5 Å². The van der Waals surface area contributed by atoms with Gasteiger partial charge in [-0.3, -0.25) is 4.79 Å². The van der Waals surface area contributed by atoms with Crippen molar-refractivity contribution < 1.29 is 14.6 Å². The van der Waals surface area contributed by atoms with Gasteiger partial charge in [0.15, 0.2) is 0 Å². The molecule has 0 aromatic rings. The fourth-order valence-electron chi connectivity index (χ4n) is 0.580. The van der Waals surface area contributed by atoms with Gasteiger partial charge >= 0.3 is 0 Å². The van der Waals surface area contributed by atoms with Gasteiger partial charge in [-0.15, -0.1) is 0 Å². The first-order chi connectivity index (χ1) is 5.57. The van der Waals surface area contributed by atoms with Crippen molar-refractivity contribution >= 4 is 21.7 Å². The Morgan fingerprint density at radius 2 is 1.77 bits per heavy atom. The highest BCUT2D eigenvalue weighted by molar-refractivity contribution is 6.50. The van der Waals surface area contributed by atoms with Crippen molar-refractivity contribution in [3.05, 3.63) is 0 Å². The highest BCUT2D eigenvalue weighted by Gasteiger charge is 2.36. The Bertz CT molecular complexity index is 194. The summed E-state index contributed by atoms with van der Waals surface area (Å²) in [4.78, 5) is 11.5. The molecular formula is C8H18B2O3. The second kappa shape index (κ2) is 3.74. The van der Waals surface area contributed by atoms with E-state index in [1.165, 1.54) is 0 Å². The minimum atomic E-state index is -0.840. The molecule has 1 atom stereocenters. The predicted molar refractivity (Wildman–Crippen MR) is 57.3 cm³/mol. The average molecular weight is 184 g/mol. The zero-order valence-electron chi connectivity index (χ0n) is 9.34. The van der Waals surface area contributed by atoms with Crippen LogP contribution in [-0.2, 0) is 9.53 Å². The maximum atomic E-state index is 11.5. The molecule has 0 aliphatic carbocycles. The van der Waals surface area contributed by atoms with Crippen LogP contribution < -0.4 is 0 Å². The van der Waals surface area contributed by atoms with Gasteiger partial charge in [0, 0.05) is 5.21 Å². The van der Waals surface area contributed by atoms with Crippen molar-refractivity contribution in [1.82, 2.24) is 0 Å². The predicted octanol–water partition coefficient (Wildman–Crippen LogP) is -0.909. The van der Waals surface area contributed by atoms with E-state index in [1.807, 2.05) is 20.8 Å². The molecule has 5 heteroatoms. The third-order valence-electron chi connectivity index (χ3n) is 1.97. The number of carbonyl (C=O) groups excluding carboxylic acids is 1. The Kier molecular flexibility index (Phi) is 3.62. The molecule has 0 radical (unpaired) electrons. The lowest BCUT2D eigenvalue weighted by atomic mass is 9.51. The highest BCUT2D eigenvalue weighted by atomic mass is 16.6. The Morgan fingerprint density at radius 1 is 1.38 bits per heavy atom. The quantitative estimate of drug-likeness (QED) is 0.446. The Balaban J connectivity index is 4.44. The molecule has 0 aliphatic heterocycles. The van der Waals surface area contributed by atoms with E-state index in [-0.39, 0.29) is 5.97 Å². The minimum Gasteiger partial charge on any atom is -0.461 e. The van der Waals surface area contributed by atoms with Gasteiger partial charge in [-0.25, -0.2) is 0 Å². The van der Waals surface area contributed by atoms with Crippen LogP contribution in [0.1, 0.15) is 27.7 Å². The first-order valence-corrected chi connectivity index (χ1v) is 4.49. The molecule has 3 nitrogen and oxygen atoms in total. The van der Waals surface area contributed by atoms with Gasteiger partial charge in [0.25, 0.3) is 5.97 Å². The molecule has 0 heterocycles. The molecule has 0 aromatic carbocycles. The molecule has 0 bridgehead atoms. The zero-order chi connectivity index (χ0) is 10.9. The molecule has 1 N–H and O–H groups in total. The number of hydrogen-bond donors (Lipinski definition) is 1. The number of esters is 1. The van der Waals surface area contributed by atoms with Crippen LogP contribution in [0.3, 0.4) is 0 Å². The second-order valence-electron chi connectivity index (χ2n) is 4.90. The molecule has 0 amide bonds. The zero-order valence-corrected chi connectivity index (χ0v) is 9.34. The van der Waals surface area contributed by atoms with E-state index in [2.05, 4.69) is 0 Å². The number of aliphatic hydroxyl groups is 1. The van der Waals surface area contributed by atoms with Crippen molar-refractivity contribution in [2.24, 2.45) is 0 Å². The molecular weight excluding hydrogens is 166 g/mol. The van der Waals surface area contributed by atoms with Gasteiger partial charge in [0.05, 0.1) is 6.10 Å². The van der Waals surface area contributed by atoms with Gasteiger partial charge in [-0.05, 0) is 27.7 Å². The number of hydrogen-bond acceptors (Lipinski definition) is 3. The summed E-state index contributed by atoms with van der Waals surface area (Å²) in [5, 5.41) is 8.51. The topological polar surface area (TPSA) is 46.5 Å². The largest absolute Gasteiger partial charge is 0.461 e. The third-order valence-corrected chi connectivity index (χ3v) is 1.97. The molecule has 0 saturated carbocycles. The monoisotopic (exact) mass is 184 g/mol. The standard InChI is InChI=1S/C8H18B2O3/c1-5(11)8(9,10)6(12)13-7(2,3)4/h5,11H,9-10H2,1-4H3/t5-/m1/s1. The summed E-state index contributed by atoms with van der Waals surface area (Å²) in [5.41, 5.74) is -0.497. The van der Waals surface area contributed by atoms with Crippen molar-refractivity contribution in [2.75, 3.05) is 0 Å². The van der Waals surface area contributed by atoms with Gasteiger partial charge < -0.3 is 9.84 Å². The summed E-state index contributed by atoms with van der Waals surface area (Å²) in [6.07, 6.45) is -0.706. The Labute approximate surface area is 81.7 Å². The van der Waals surface area contributed by atoms with Crippen molar-refractivity contribution in [3.8, 4) is 0 Å². The summed E-state index contributed by atoms with van der Waals surface area (Å²) in [6, 6.07) is 0. The smallest absolute Gasteiger partial charge is 0.299 e. The van der Waals surface area contributed by atoms with E-state index in [9.17, 15) is 9.90 Å². The summed E-state index contributed by atoms with van der Waals surface area (Å²) in [6.45, 7) is 7.01. The van der Waals surface area contributed by atoms with Crippen LogP contribution in [0.2, 0.25) is 5.21 Å². The minimum absolute atomic E-state index is 0.366. The lowest BCUT2D eigenvalue weighted by Crippen LogP contribution is -2.40. The molecule has 0 fully saturated rings. The summed E-state index contributed by atoms with van der Waals surface area (Å²) >= 11 is 0. The van der Waals surface area contributed by atoms with E-state index < -0.39 is 16.9 Å². The van der Waals surface area contributed by atoms with Crippen LogP contribution in [0.25, 0.3) is 0 Å².